The lowest BCUT2D eigenvalue weighted by Gasteiger charge is -2.47. The van der Waals surface area contributed by atoms with Gasteiger partial charge in [0.1, 0.15) is 48.8 Å². The molecular formula is C19H35N3O10S. The van der Waals surface area contributed by atoms with E-state index in [9.17, 15) is 30.6 Å². The number of nitrogens with two attached hydrogens (primary N) is 3. The van der Waals surface area contributed by atoms with Crippen LogP contribution >= 0.6 is 10.9 Å². The van der Waals surface area contributed by atoms with Crippen LogP contribution in [0.1, 0.15) is 13.3 Å². The maximum atomic E-state index is 10.7. The summed E-state index contributed by atoms with van der Waals surface area (Å²) >= 11 is 0. The van der Waals surface area contributed by atoms with Gasteiger partial charge in [-0.15, -0.1) is 0 Å². The van der Waals surface area contributed by atoms with E-state index < -0.39 is 92.2 Å². The molecule has 3 aliphatic rings. The van der Waals surface area contributed by atoms with Crippen LogP contribution < -0.4 is 17.2 Å². The number of hydrogen-bond donors (Lipinski definition) is 9. The van der Waals surface area contributed by atoms with E-state index in [1.807, 2.05) is 0 Å². The summed E-state index contributed by atoms with van der Waals surface area (Å²) in [4.78, 5) is 0.613. The van der Waals surface area contributed by atoms with Gasteiger partial charge in [-0.2, -0.15) is 10.9 Å². The standard InChI is InChI=1S/C19H35N3O10S/c1-5(33-2)15-13(27)14(28)19(30-15)32-17-10(24)6(20)3-7(21)16(17)31-18-9(22)12(26)11(25)8(4-23)29-18/h6-19,23-28H,2-4,20-22H2,1H3/t6-,7?,8?,9?,10?,11-,12?,13?,14+,15-,16+,17?,18-,19+/m1/s1. The Morgan fingerprint density at radius 3 is 2.12 bits per heavy atom. The second-order valence-electron chi connectivity index (χ2n) is 8.70. The molecule has 0 aromatic rings. The molecule has 13 nitrogen and oxygen atoms in total. The highest BCUT2D eigenvalue weighted by Gasteiger charge is 2.52. The number of rotatable bonds is 6. The molecule has 3 rings (SSSR count). The minimum atomic E-state index is -1.46. The van der Waals surface area contributed by atoms with Crippen LogP contribution in [0, 0.1) is 0 Å². The first-order valence-corrected chi connectivity index (χ1v) is 11.7. The minimum Gasteiger partial charge on any atom is -0.394 e. The highest BCUT2D eigenvalue weighted by Crippen LogP contribution is 2.32. The Kier molecular flexibility index (Phi) is 9.02. The summed E-state index contributed by atoms with van der Waals surface area (Å²) < 4.78 is 22.9. The topological polar surface area (TPSA) is 236 Å². The van der Waals surface area contributed by atoms with Crippen molar-refractivity contribution in [3.63, 3.8) is 0 Å². The summed E-state index contributed by atoms with van der Waals surface area (Å²) in [5, 5.41) is 61.1. The van der Waals surface area contributed by atoms with E-state index >= 15 is 0 Å². The van der Waals surface area contributed by atoms with E-state index in [1.165, 1.54) is 0 Å². The highest BCUT2D eigenvalue weighted by molar-refractivity contribution is 7.96. The molecule has 12 N–H and O–H groups in total. The average molecular weight is 498 g/mol. The molecule has 0 amide bonds. The van der Waals surface area contributed by atoms with Crippen molar-refractivity contribution in [2.24, 2.45) is 17.2 Å². The van der Waals surface area contributed by atoms with E-state index in [1.54, 1.807) is 6.92 Å². The van der Waals surface area contributed by atoms with Gasteiger partial charge in [0, 0.05) is 16.9 Å². The lowest BCUT2D eigenvalue weighted by Crippen LogP contribution is -2.68. The number of aliphatic hydroxyl groups is 6. The van der Waals surface area contributed by atoms with E-state index in [4.69, 9.17) is 36.1 Å². The van der Waals surface area contributed by atoms with Crippen molar-refractivity contribution in [3.05, 3.63) is 0 Å². The number of hydrogen-bond acceptors (Lipinski definition) is 13. The predicted octanol–water partition coefficient (Wildman–Crippen LogP) is -5.25. The first kappa shape index (κ1) is 27.0. The van der Waals surface area contributed by atoms with Crippen molar-refractivity contribution in [2.75, 3.05) is 6.61 Å². The van der Waals surface area contributed by atoms with Gasteiger partial charge >= 0.3 is 0 Å². The fourth-order valence-electron chi connectivity index (χ4n) is 4.32. The van der Waals surface area contributed by atoms with Crippen LogP contribution in [0.4, 0.5) is 0 Å². The first-order valence-electron chi connectivity index (χ1n) is 10.7. The van der Waals surface area contributed by atoms with Crippen molar-refractivity contribution in [1.29, 1.82) is 0 Å². The molecule has 0 bridgehead atoms. The Balaban J connectivity index is 1.80. The Labute approximate surface area is 194 Å². The van der Waals surface area contributed by atoms with Gasteiger partial charge < -0.3 is 66.8 Å². The zero-order valence-electron chi connectivity index (χ0n) is 18.2. The van der Waals surface area contributed by atoms with Gasteiger partial charge in [-0.05, 0) is 19.2 Å². The van der Waals surface area contributed by atoms with Crippen molar-refractivity contribution in [3.8, 4) is 0 Å². The molecule has 2 heterocycles. The van der Waals surface area contributed by atoms with E-state index in [-0.39, 0.29) is 6.42 Å². The summed E-state index contributed by atoms with van der Waals surface area (Å²) in [7, 11) is 1.11. The summed E-state index contributed by atoms with van der Waals surface area (Å²) in [5.74, 6) is 3.66. The molecule has 0 aromatic heterocycles. The van der Waals surface area contributed by atoms with Crippen LogP contribution in [0.25, 0.3) is 0 Å². The van der Waals surface area contributed by atoms with Crippen molar-refractivity contribution < 1.29 is 49.6 Å². The van der Waals surface area contributed by atoms with Gasteiger partial charge in [0.05, 0.1) is 18.8 Å². The Hall–Kier alpha value is -0.560. The maximum Gasteiger partial charge on any atom is 0.187 e. The molecule has 7 unspecified atom stereocenters. The van der Waals surface area contributed by atoms with Crippen LogP contribution in [0.2, 0.25) is 0 Å². The summed E-state index contributed by atoms with van der Waals surface area (Å²) in [5.41, 5.74) is 18.2. The SMILES string of the molecule is C=S=C(C)[C@H]1O[C@@H](OC2C(O)[C@H](N)CC(N)[C@@H]2O[C@H]2OC(CO)[C@@H](O)C(O)C2N)[C@@H](O)C1O. The first-order chi connectivity index (χ1) is 15.5. The third kappa shape index (κ3) is 5.34. The third-order valence-electron chi connectivity index (χ3n) is 6.42. The zero-order valence-corrected chi connectivity index (χ0v) is 19.0. The maximum absolute atomic E-state index is 10.7. The van der Waals surface area contributed by atoms with Gasteiger partial charge in [-0.25, -0.2) is 0 Å². The zero-order chi connectivity index (χ0) is 24.6. The molecule has 14 heteroatoms. The quantitative estimate of drug-likeness (QED) is 0.156. The van der Waals surface area contributed by atoms with E-state index in [0.29, 0.717) is 4.86 Å². The number of ether oxygens (including phenoxy) is 4. The molecular weight excluding hydrogens is 462 g/mol. The van der Waals surface area contributed by atoms with Crippen LogP contribution in [0.15, 0.2) is 0 Å². The molecule has 192 valence electrons. The monoisotopic (exact) mass is 497 g/mol. The van der Waals surface area contributed by atoms with Crippen LogP contribution in [0.5, 0.6) is 0 Å². The average Bonchev–Trinajstić information content (AvgIpc) is 3.07. The Morgan fingerprint density at radius 2 is 1.52 bits per heavy atom. The molecule has 1 saturated carbocycles. The second kappa shape index (κ2) is 11.0. The fourth-order valence-corrected chi connectivity index (χ4v) is 4.68. The van der Waals surface area contributed by atoms with Gasteiger partial charge in [0.15, 0.2) is 12.6 Å². The minimum absolute atomic E-state index is 0.145. The largest absolute Gasteiger partial charge is 0.394 e. The fraction of sp³-hybridized carbons (Fsp3) is 0.895. The lowest BCUT2D eigenvalue weighted by atomic mass is 9.84. The number of aliphatic hydroxyl groups excluding tert-OH is 6. The summed E-state index contributed by atoms with van der Waals surface area (Å²) in [6.07, 6.45) is -13.7. The van der Waals surface area contributed by atoms with Crippen LogP contribution in [0.3, 0.4) is 0 Å². The summed E-state index contributed by atoms with van der Waals surface area (Å²) in [6.45, 7) is 1.09. The predicted molar refractivity (Wildman–Crippen MR) is 118 cm³/mol. The van der Waals surface area contributed by atoms with Crippen molar-refractivity contribution >= 4 is 21.7 Å². The summed E-state index contributed by atoms with van der Waals surface area (Å²) in [6, 6.07) is -2.76. The van der Waals surface area contributed by atoms with Gasteiger partial charge in [0.2, 0.25) is 0 Å². The normalized spacial score (nSPS) is 50.8. The molecule has 1 aliphatic carbocycles. The molecule has 0 radical (unpaired) electrons. The lowest BCUT2D eigenvalue weighted by molar-refractivity contribution is -0.309. The van der Waals surface area contributed by atoms with Crippen molar-refractivity contribution in [1.82, 2.24) is 0 Å². The third-order valence-corrected chi connectivity index (χ3v) is 7.11. The van der Waals surface area contributed by atoms with Crippen molar-refractivity contribution in [2.45, 2.75) is 99.0 Å². The smallest absolute Gasteiger partial charge is 0.187 e. The van der Waals surface area contributed by atoms with Gasteiger partial charge in [0.25, 0.3) is 0 Å². The highest BCUT2D eigenvalue weighted by atomic mass is 32.1. The van der Waals surface area contributed by atoms with Gasteiger partial charge in [-0.3, -0.25) is 0 Å². The Morgan fingerprint density at radius 1 is 0.879 bits per heavy atom. The van der Waals surface area contributed by atoms with E-state index in [2.05, 4.69) is 5.87 Å². The Bertz CT molecular complexity index is 728. The molecule has 33 heavy (non-hydrogen) atoms. The molecule has 0 aromatic carbocycles. The van der Waals surface area contributed by atoms with E-state index in [0.717, 1.165) is 10.9 Å². The molecule has 3 fully saturated rings. The van der Waals surface area contributed by atoms with Crippen LogP contribution in [-0.4, -0.2) is 134 Å². The molecule has 0 spiro atoms. The van der Waals surface area contributed by atoms with Crippen LogP contribution in [-0.2, 0) is 18.9 Å². The molecule has 2 saturated heterocycles. The van der Waals surface area contributed by atoms with Gasteiger partial charge in [-0.1, -0.05) is 0 Å². The molecule has 14 atom stereocenters. The second-order valence-corrected chi connectivity index (χ2v) is 9.63. The molecule has 2 aliphatic heterocycles.